The van der Waals surface area contributed by atoms with Gasteiger partial charge in [-0.15, -0.1) is 11.3 Å². The quantitative estimate of drug-likeness (QED) is 0.936. The fourth-order valence-corrected chi connectivity index (χ4v) is 5.45. The number of aromatic nitrogens is 1. The lowest BCUT2D eigenvalue weighted by molar-refractivity contribution is 0.460. The van der Waals surface area contributed by atoms with Gasteiger partial charge < -0.3 is 5.73 Å². The summed E-state index contributed by atoms with van der Waals surface area (Å²) in [6.45, 7) is 0. The van der Waals surface area contributed by atoms with E-state index in [1.807, 2.05) is 35.7 Å². The van der Waals surface area contributed by atoms with Crippen LogP contribution in [0.2, 0.25) is 0 Å². The molecule has 0 spiro atoms. The average Bonchev–Trinajstić information content (AvgIpc) is 3.06. The summed E-state index contributed by atoms with van der Waals surface area (Å²) < 4.78 is 23.0. The molecule has 3 rings (SSSR count). The first-order chi connectivity index (χ1) is 10.0. The van der Waals surface area contributed by atoms with Gasteiger partial charge >= 0.3 is 0 Å². The Kier molecular flexibility index (Phi) is 4.10. The van der Waals surface area contributed by atoms with Crippen molar-refractivity contribution in [3.05, 3.63) is 40.7 Å². The summed E-state index contributed by atoms with van der Waals surface area (Å²) in [5.74, 6) is 0.572. The number of nitrogens with zero attached hydrogens (tertiary/aromatic N) is 1. The number of rotatable bonds is 4. The molecule has 1 aliphatic heterocycles. The molecule has 2 N–H and O–H groups in total. The SMILES string of the molecule is NC(Cc1nc(-c2ccccc2)cs1)C1CCS(=O)(=O)C1. The van der Waals surface area contributed by atoms with Crippen molar-refractivity contribution in [3.63, 3.8) is 0 Å². The molecule has 4 nitrogen and oxygen atoms in total. The number of hydrogen-bond donors (Lipinski definition) is 1. The van der Waals surface area contributed by atoms with Gasteiger partial charge in [-0.3, -0.25) is 0 Å². The molecule has 1 saturated heterocycles. The van der Waals surface area contributed by atoms with Gasteiger partial charge in [0.25, 0.3) is 0 Å². The third kappa shape index (κ3) is 3.51. The summed E-state index contributed by atoms with van der Waals surface area (Å²) in [7, 11) is -2.87. The molecular formula is C15H18N2O2S2. The molecule has 0 aliphatic carbocycles. The fourth-order valence-electron chi connectivity index (χ4n) is 2.68. The zero-order valence-electron chi connectivity index (χ0n) is 11.6. The average molecular weight is 322 g/mol. The van der Waals surface area contributed by atoms with Crippen LogP contribution in [-0.4, -0.2) is 30.9 Å². The molecule has 112 valence electrons. The Hall–Kier alpha value is -1.24. The van der Waals surface area contributed by atoms with Gasteiger partial charge in [0.15, 0.2) is 9.84 Å². The second-order valence-electron chi connectivity index (χ2n) is 5.52. The number of hydrogen-bond acceptors (Lipinski definition) is 5. The Balaban J connectivity index is 1.68. The second kappa shape index (κ2) is 5.87. The van der Waals surface area contributed by atoms with Gasteiger partial charge in [-0.1, -0.05) is 30.3 Å². The van der Waals surface area contributed by atoms with Crippen LogP contribution in [0.25, 0.3) is 11.3 Å². The number of sulfone groups is 1. The van der Waals surface area contributed by atoms with E-state index in [9.17, 15) is 8.42 Å². The number of benzene rings is 1. The first-order valence-electron chi connectivity index (χ1n) is 6.99. The zero-order valence-corrected chi connectivity index (χ0v) is 13.2. The van der Waals surface area contributed by atoms with Crippen LogP contribution in [0.1, 0.15) is 11.4 Å². The van der Waals surface area contributed by atoms with Crippen LogP contribution in [-0.2, 0) is 16.3 Å². The van der Waals surface area contributed by atoms with Gasteiger partial charge in [-0.05, 0) is 12.3 Å². The minimum absolute atomic E-state index is 0.0686. The lowest BCUT2D eigenvalue weighted by Gasteiger charge is -2.16. The van der Waals surface area contributed by atoms with Crippen molar-refractivity contribution in [2.75, 3.05) is 11.5 Å². The van der Waals surface area contributed by atoms with Gasteiger partial charge in [0.05, 0.1) is 22.2 Å². The minimum atomic E-state index is -2.87. The van der Waals surface area contributed by atoms with Crippen LogP contribution >= 0.6 is 11.3 Å². The van der Waals surface area contributed by atoms with E-state index in [2.05, 4.69) is 4.98 Å². The van der Waals surface area contributed by atoms with E-state index in [0.29, 0.717) is 12.8 Å². The van der Waals surface area contributed by atoms with Crippen LogP contribution in [0.5, 0.6) is 0 Å². The van der Waals surface area contributed by atoms with Crippen molar-refractivity contribution < 1.29 is 8.42 Å². The summed E-state index contributed by atoms with van der Waals surface area (Å²) in [6.07, 6.45) is 1.33. The number of nitrogens with two attached hydrogens (primary N) is 1. The molecular weight excluding hydrogens is 304 g/mol. The molecule has 0 radical (unpaired) electrons. The van der Waals surface area contributed by atoms with E-state index in [4.69, 9.17) is 5.73 Å². The van der Waals surface area contributed by atoms with Crippen molar-refractivity contribution >= 4 is 21.2 Å². The third-order valence-electron chi connectivity index (χ3n) is 3.90. The summed E-state index contributed by atoms with van der Waals surface area (Å²) in [4.78, 5) is 4.62. The Morgan fingerprint density at radius 1 is 1.33 bits per heavy atom. The van der Waals surface area contributed by atoms with Crippen molar-refractivity contribution in [1.29, 1.82) is 0 Å². The summed E-state index contributed by atoms with van der Waals surface area (Å²) in [5, 5.41) is 3.01. The van der Waals surface area contributed by atoms with E-state index in [-0.39, 0.29) is 23.5 Å². The Morgan fingerprint density at radius 2 is 2.10 bits per heavy atom. The summed E-state index contributed by atoms with van der Waals surface area (Å²) in [5.41, 5.74) is 8.24. The Bertz CT molecular complexity index is 710. The molecule has 0 bridgehead atoms. The van der Waals surface area contributed by atoms with E-state index < -0.39 is 9.84 Å². The molecule has 1 aliphatic rings. The van der Waals surface area contributed by atoms with E-state index in [1.165, 1.54) is 0 Å². The van der Waals surface area contributed by atoms with Crippen LogP contribution in [0, 0.1) is 5.92 Å². The van der Waals surface area contributed by atoms with Crippen LogP contribution in [0.3, 0.4) is 0 Å². The predicted molar refractivity (Wildman–Crippen MR) is 86.0 cm³/mol. The van der Waals surface area contributed by atoms with Gasteiger partial charge in [0, 0.05) is 23.4 Å². The van der Waals surface area contributed by atoms with Gasteiger partial charge in [0.1, 0.15) is 0 Å². The lowest BCUT2D eigenvalue weighted by atomic mass is 9.98. The second-order valence-corrected chi connectivity index (χ2v) is 8.69. The van der Waals surface area contributed by atoms with Gasteiger partial charge in [-0.25, -0.2) is 13.4 Å². The highest BCUT2D eigenvalue weighted by Crippen LogP contribution is 2.26. The van der Waals surface area contributed by atoms with E-state index in [0.717, 1.165) is 16.3 Å². The molecule has 2 heterocycles. The fraction of sp³-hybridized carbons (Fsp3) is 0.400. The van der Waals surface area contributed by atoms with Gasteiger partial charge in [0.2, 0.25) is 0 Å². The third-order valence-corrected chi connectivity index (χ3v) is 6.57. The highest BCUT2D eigenvalue weighted by atomic mass is 32.2. The molecule has 6 heteroatoms. The first-order valence-corrected chi connectivity index (χ1v) is 9.69. The van der Waals surface area contributed by atoms with Crippen molar-refractivity contribution in [2.24, 2.45) is 11.7 Å². The van der Waals surface area contributed by atoms with Crippen molar-refractivity contribution in [1.82, 2.24) is 4.98 Å². The maximum atomic E-state index is 11.5. The molecule has 1 aromatic heterocycles. The Labute approximate surface area is 128 Å². The smallest absolute Gasteiger partial charge is 0.150 e. The molecule has 0 saturated carbocycles. The van der Waals surface area contributed by atoms with Gasteiger partial charge in [-0.2, -0.15) is 0 Å². The first kappa shape index (κ1) is 14.7. The van der Waals surface area contributed by atoms with Crippen LogP contribution in [0.4, 0.5) is 0 Å². The highest BCUT2D eigenvalue weighted by molar-refractivity contribution is 7.91. The monoisotopic (exact) mass is 322 g/mol. The van der Waals surface area contributed by atoms with Crippen molar-refractivity contribution in [2.45, 2.75) is 18.9 Å². The molecule has 2 atom stereocenters. The van der Waals surface area contributed by atoms with E-state index in [1.54, 1.807) is 11.3 Å². The summed E-state index contributed by atoms with van der Waals surface area (Å²) in [6, 6.07) is 9.89. The maximum Gasteiger partial charge on any atom is 0.150 e. The topological polar surface area (TPSA) is 73.0 Å². The molecule has 2 aromatic rings. The van der Waals surface area contributed by atoms with Crippen molar-refractivity contribution in [3.8, 4) is 11.3 Å². The zero-order chi connectivity index (χ0) is 14.9. The predicted octanol–water partition coefficient (Wildman–Crippen LogP) is 2.11. The van der Waals surface area contributed by atoms with E-state index >= 15 is 0 Å². The molecule has 21 heavy (non-hydrogen) atoms. The number of thiazole rings is 1. The molecule has 0 amide bonds. The van der Waals surface area contributed by atoms with Crippen LogP contribution in [0.15, 0.2) is 35.7 Å². The normalized spacial score (nSPS) is 22.2. The maximum absolute atomic E-state index is 11.5. The highest BCUT2D eigenvalue weighted by Gasteiger charge is 2.32. The largest absolute Gasteiger partial charge is 0.327 e. The molecule has 1 aromatic carbocycles. The van der Waals surface area contributed by atoms with Crippen LogP contribution < -0.4 is 5.73 Å². The summed E-state index contributed by atoms with van der Waals surface area (Å²) >= 11 is 1.59. The standard InChI is InChI=1S/C15H18N2O2S2/c16-13(12-6-7-21(18,19)10-12)8-15-17-14(9-20-15)11-4-2-1-3-5-11/h1-5,9,12-13H,6-8,10,16H2. The lowest BCUT2D eigenvalue weighted by Crippen LogP contribution is -2.33. The minimum Gasteiger partial charge on any atom is -0.327 e. The molecule has 1 fully saturated rings. The molecule has 2 unspecified atom stereocenters. The Morgan fingerprint density at radius 3 is 2.76 bits per heavy atom.